The SMILES string of the molecule is COc1cc2c(cc1C)OC(C)(C)[C@@]1(O)C[C@H]1C2C. The van der Waals surface area contributed by atoms with E-state index in [1.165, 1.54) is 0 Å². The number of rotatable bonds is 1. The highest BCUT2D eigenvalue weighted by molar-refractivity contribution is 5.50. The third kappa shape index (κ3) is 1.61. The van der Waals surface area contributed by atoms with Crippen LogP contribution in [0, 0.1) is 12.8 Å². The molecule has 1 unspecified atom stereocenters. The van der Waals surface area contributed by atoms with Crippen LogP contribution in [0.2, 0.25) is 0 Å². The lowest BCUT2D eigenvalue weighted by atomic mass is 9.90. The second-order valence-electron chi connectivity index (χ2n) is 6.50. The minimum Gasteiger partial charge on any atom is -0.496 e. The zero-order valence-electron chi connectivity index (χ0n) is 12.3. The van der Waals surface area contributed by atoms with E-state index in [4.69, 9.17) is 9.47 Å². The lowest BCUT2D eigenvalue weighted by molar-refractivity contribution is -0.0542. The maximum atomic E-state index is 10.7. The Morgan fingerprint density at radius 2 is 2.05 bits per heavy atom. The van der Waals surface area contributed by atoms with E-state index >= 15 is 0 Å². The summed E-state index contributed by atoms with van der Waals surface area (Å²) < 4.78 is 11.6. The molecule has 1 aromatic carbocycles. The van der Waals surface area contributed by atoms with Crippen LogP contribution in [0.3, 0.4) is 0 Å². The number of hydrogen-bond donors (Lipinski definition) is 1. The van der Waals surface area contributed by atoms with Gasteiger partial charge in [-0.25, -0.2) is 0 Å². The molecular weight excluding hydrogens is 240 g/mol. The number of aliphatic hydroxyl groups is 1. The van der Waals surface area contributed by atoms with Crippen molar-refractivity contribution in [1.29, 1.82) is 0 Å². The molecule has 3 rings (SSSR count). The van der Waals surface area contributed by atoms with Gasteiger partial charge in [0.05, 0.1) is 7.11 Å². The quantitative estimate of drug-likeness (QED) is 0.845. The molecule has 0 saturated heterocycles. The van der Waals surface area contributed by atoms with E-state index in [0.717, 1.165) is 29.0 Å². The number of hydrogen-bond acceptors (Lipinski definition) is 3. The minimum absolute atomic E-state index is 0.274. The average Bonchev–Trinajstić information content (AvgIpc) is 3.02. The number of ether oxygens (including phenoxy) is 2. The van der Waals surface area contributed by atoms with Gasteiger partial charge in [0.2, 0.25) is 0 Å². The first kappa shape index (κ1) is 12.8. The largest absolute Gasteiger partial charge is 0.496 e. The van der Waals surface area contributed by atoms with E-state index in [9.17, 15) is 5.11 Å². The fourth-order valence-electron chi connectivity index (χ4n) is 3.48. The second-order valence-corrected chi connectivity index (χ2v) is 6.50. The van der Waals surface area contributed by atoms with Crippen LogP contribution in [0.4, 0.5) is 0 Å². The second kappa shape index (κ2) is 3.66. The Hall–Kier alpha value is -1.22. The van der Waals surface area contributed by atoms with Crippen molar-refractivity contribution < 1.29 is 14.6 Å². The lowest BCUT2D eigenvalue weighted by Crippen LogP contribution is -2.45. The third-order valence-corrected chi connectivity index (χ3v) is 5.01. The summed E-state index contributed by atoms with van der Waals surface area (Å²) in [5, 5.41) is 10.7. The predicted molar refractivity (Wildman–Crippen MR) is 73.9 cm³/mol. The summed E-state index contributed by atoms with van der Waals surface area (Å²) >= 11 is 0. The molecule has 1 aliphatic heterocycles. The molecule has 0 radical (unpaired) electrons. The molecule has 1 saturated carbocycles. The number of aryl methyl sites for hydroxylation is 1. The molecule has 3 heteroatoms. The molecule has 0 spiro atoms. The van der Waals surface area contributed by atoms with Gasteiger partial charge in [-0.05, 0) is 50.8 Å². The highest BCUT2D eigenvalue weighted by Crippen LogP contribution is 2.61. The zero-order chi connectivity index (χ0) is 14.0. The standard InChI is InChI=1S/C16H22O3/c1-9-6-14-11(7-13(9)18-5)10(2)12-8-16(12,17)15(3,4)19-14/h6-7,10,12,17H,8H2,1-5H3/t10?,12-,16+/m0/s1. The van der Waals surface area contributed by atoms with E-state index in [2.05, 4.69) is 13.0 Å². The van der Waals surface area contributed by atoms with E-state index in [1.54, 1.807) is 7.11 Å². The van der Waals surface area contributed by atoms with Crippen molar-refractivity contribution in [3.8, 4) is 11.5 Å². The Labute approximate surface area is 114 Å². The van der Waals surface area contributed by atoms with Gasteiger partial charge in [-0.2, -0.15) is 0 Å². The van der Waals surface area contributed by atoms with Crippen molar-refractivity contribution >= 4 is 0 Å². The van der Waals surface area contributed by atoms with Gasteiger partial charge >= 0.3 is 0 Å². The fourth-order valence-corrected chi connectivity index (χ4v) is 3.48. The zero-order valence-corrected chi connectivity index (χ0v) is 12.3. The van der Waals surface area contributed by atoms with Gasteiger partial charge in [0.15, 0.2) is 0 Å². The van der Waals surface area contributed by atoms with Crippen molar-refractivity contribution in [3.05, 3.63) is 23.3 Å². The predicted octanol–water partition coefficient (Wildman–Crippen LogP) is 3.03. The Kier molecular flexibility index (Phi) is 2.47. The van der Waals surface area contributed by atoms with Crippen molar-refractivity contribution in [1.82, 2.24) is 0 Å². The summed E-state index contributed by atoms with van der Waals surface area (Å²) in [6.07, 6.45) is 0.816. The molecule has 1 heterocycles. The summed E-state index contributed by atoms with van der Waals surface area (Å²) in [4.78, 5) is 0. The van der Waals surface area contributed by atoms with E-state index < -0.39 is 11.2 Å². The molecule has 3 nitrogen and oxygen atoms in total. The molecule has 1 N–H and O–H groups in total. The number of benzene rings is 1. The number of methoxy groups -OCH3 is 1. The monoisotopic (exact) mass is 262 g/mol. The smallest absolute Gasteiger partial charge is 0.132 e. The van der Waals surface area contributed by atoms with Gasteiger partial charge in [0, 0.05) is 11.5 Å². The first-order valence-electron chi connectivity index (χ1n) is 6.90. The summed E-state index contributed by atoms with van der Waals surface area (Å²) in [7, 11) is 1.69. The summed E-state index contributed by atoms with van der Waals surface area (Å²) in [6, 6.07) is 4.09. The van der Waals surface area contributed by atoms with Crippen LogP contribution in [-0.2, 0) is 0 Å². The van der Waals surface area contributed by atoms with Gasteiger partial charge in [-0.15, -0.1) is 0 Å². The van der Waals surface area contributed by atoms with E-state index in [0.29, 0.717) is 0 Å². The molecule has 0 amide bonds. The average molecular weight is 262 g/mol. The summed E-state index contributed by atoms with van der Waals surface area (Å²) in [5.41, 5.74) is 0.964. The Bertz CT molecular complexity index is 535. The van der Waals surface area contributed by atoms with Crippen LogP contribution in [-0.4, -0.2) is 23.4 Å². The molecule has 19 heavy (non-hydrogen) atoms. The molecule has 104 valence electrons. The molecular formula is C16H22O3. The van der Waals surface area contributed by atoms with Gasteiger partial charge in [-0.1, -0.05) is 6.92 Å². The third-order valence-electron chi connectivity index (χ3n) is 5.01. The fraction of sp³-hybridized carbons (Fsp3) is 0.625. The topological polar surface area (TPSA) is 38.7 Å². The van der Waals surface area contributed by atoms with E-state index in [-0.39, 0.29) is 11.8 Å². The molecule has 3 atom stereocenters. The normalized spacial score (nSPS) is 34.6. The van der Waals surface area contributed by atoms with Crippen LogP contribution >= 0.6 is 0 Å². The van der Waals surface area contributed by atoms with Crippen LogP contribution in [0.5, 0.6) is 11.5 Å². The summed E-state index contributed by atoms with van der Waals surface area (Å²) in [5.74, 6) is 2.34. The Morgan fingerprint density at radius 3 is 2.68 bits per heavy atom. The maximum Gasteiger partial charge on any atom is 0.132 e. The van der Waals surface area contributed by atoms with Gasteiger partial charge in [-0.3, -0.25) is 0 Å². The summed E-state index contributed by atoms with van der Waals surface area (Å²) in [6.45, 7) is 8.14. The van der Waals surface area contributed by atoms with Crippen molar-refractivity contribution in [2.45, 2.75) is 51.2 Å². The highest BCUT2D eigenvalue weighted by Gasteiger charge is 2.67. The van der Waals surface area contributed by atoms with Crippen LogP contribution in [0.1, 0.15) is 44.2 Å². The highest BCUT2D eigenvalue weighted by atomic mass is 16.5. The molecule has 0 bridgehead atoms. The van der Waals surface area contributed by atoms with Gasteiger partial charge < -0.3 is 14.6 Å². The van der Waals surface area contributed by atoms with Crippen LogP contribution in [0.15, 0.2) is 12.1 Å². The van der Waals surface area contributed by atoms with Crippen molar-refractivity contribution in [2.24, 2.45) is 5.92 Å². The van der Waals surface area contributed by atoms with Crippen LogP contribution in [0.25, 0.3) is 0 Å². The molecule has 0 aromatic heterocycles. The van der Waals surface area contributed by atoms with Gasteiger partial charge in [0.1, 0.15) is 22.7 Å². The Balaban J connectivity index is 2.14. The minimum atomic E-state index is -0.702. The number of fused-ring (bicyclic) bond motifs is 2. The maximum absolute atomic E-state index is 10.7. The first-order chi connectivity index (χ1) is 8.80. The van der Waals surface area contributed by atoms with Crippen molar-refractivity contribution in [3.63, 3.8) is 0 Å². The van der Waals surface area contributed by atoms with E-state index in [1.807, 2.05) is 26.8 Å². The molecule has 1 aromatic rings. The Morgan fingerprint density at radius 1 is 1.37 bits per heavy atom. The van der Waals surface area contributed by atoms with Crippen LogP contribution < -0.4 is 9.47 Å². The van der Waals surface area contributed by atoms with Gasteiger partial charge in [0.25, 0.3) is 0 Å². The lowest BCUT2D eigenvalue weighted by Gasteiger charge is -2.31. The molecule has 1 aliphatic carbocycles. The molecule has 1 fully saturated rings. The first-order valence-corrected chi connectivity index (χ1v) is 6.90. The van der Waals surface area contributed by atoms with Crippen molar-refractivity contribution in [2.75, 3.05) is 7.11 Å². The molecule has 2 aliphatic rings.